The Hall–Kier alpha value is -3.79. The summed E-state index contributed by atoms with van der Waals surface area (Å²) in [5, 5.41) is 9.32. The summed E-state index contributed by atoms with van der Waals surface area (Å²) in [4.78, 5) is 37.5. The van der Waals surface area contributed by atoms with Gasteiger partial charge >= 0.3 is 6.18 Å². The summed E-state index contributed by atoms with van der Waals surface area (Å²) in [5.74, 6) is -5.30. The van der Waals surface area contributed by atoms with Crippen molar-refractivity contribution in [2.45, 2.75) is 57.7 Å². The van der Waals surface area contributed by atoms with Crippen LogP contribution in [0.4, 0.5) is 13.2 Å². The SMILES string of the molecule is CC(C)C[C@@H](C(=O)NN(CC(F)(F)F)C(=O)[C@@H](C)N)[C@H](C/C=C/c1ccccc1)C(=O)NO.Cc1ccc(S(=O)(=O)O)cc1. The highest BCUT2D eigenvalue weighted by atomic mass is 32.2. The zero-order chi connectivity index (χ0) is 33.7. The summed E-state index contributed by atoms with van der Waals surface area (Å²) in [6.45, 7) is 4.84. The molecule has 0 aliphatic rings. The minimum Gasteiger partial charge on any atom is -0.320 e. The number of nitrogens with one attached hydrogen (secondary N) is 2. The third kappa shape index (κ3) is 14.1. The highest BCUT2D eigenvalue weighted by Gasteiger charge is 2.38. The largest absolute Gasteiger partial charge is 0.408 e. The van der Waals surface area contributed by atoms with Crippen LogP contribution >= 0.6 is 0 Å². The van der Waals surface area contributed by atoms with Crippen molar-refractivity contribution >= 4 is 33.9 Å². The van der Waals surface area contributed by atoms with E-state index in [2.05, 4.69) is 0 Å². The molecule has 2 aromatic carbocycles. The molecule has 3 atom stereocenters. The first kappa shape index (κ1) is 38.2. The lowest BCUT2D eigenvalue weighted by molar-refractivity contribution is -0.172. The van der Waals surface area contributed by atoms with Gasteiger partial charge in [-0.15, -0.1) is 0 Å². The molecule has 3 amide bonds. The summed E-state index contributed by atoms with van der Waals surface area (Å²) < 4.78 is 68.5. The van der Waals surface area contributed by atoms with E-state index < -0.39 is 58.4 Å². The fourth-order valence-corrected chi connectivity index (χ4v) is 4.42. The molecular weight excluding hydrogens is 605 g/mol. The molecule has 0 saturated heterocycles. The van der Waals surface area contributed by atoms with Crippen LogP contribution in [0.3, 0.4) is 0 Å². The Morgan fingerprint density at radius 3 is 2.00 bits per heavy atom. The first-order valence-electron chi connectivity index (χ1n) is 13.5. The maximum absolute atomic E-state index is 13.0. The number of carbonyl (C=O) groups excluding carboxylic acids is 3. The van der Waals surface area contributed by atoms with Crippen molar-refractivity contribution in [3.63, 3.8) is 0 Å². The van der Waals surface area contributed by atoms with Crippen LogP contribution in [0.5, 0.6) is 0 Å². The lowest BCUT2D eigenvalue weighted by Gasteiger charge is -2.30. The van der Waals surface area contributed by atoms with Crippen LogP contribution in [0.1, 0.15) is 44.7 Å². The monoisotopic (exact) mass is 644 g/mol. The Morgan fingerprint density at radius 1 is 0.977 bits per heavy atom. The lowest BCUT2D eigenvalue weighted by Crippen LogP contribution is -2.57. The second-order valence-electron chi connectivity index (χ2n) is 10.5. The van der Waals surface area contributed by atoms with Gasteiger partial charge in [-0.25, -0.2) is 10.5 Å². The third-order valence-corrected chi connectivity index (χ3v) is 6.92. The van der Waals surface area contributed by atoms with Crippen molar-refractivity contribution < 1.29 is 45.7 Å². The van der Waals surface area contributed by atoms with Crippen molar-refractivity contribution in [3.8, 4) is 0 Å². The normalized spacial score (nSPS) is 13.8. The molecule has 0 radical (unpaired) electrons. The molecule has 6 N–H and O–H groups in total. The Labute approximate surface area is 255 Å². The van der Waals surface area contributed by atoms with E-state index in [9.17, 15) is 41.2 Å². The standard InChI is InChI=1S/C22H31F3N4O4.C7H8O3S/c1-14(2)12-18(19(30)27-29(13-22(23,24)25)21(32)15(3)26)17(20(31)28-33)11-7-10-16-8-5-4-6-9-16;1-6-2-4-7(5-3-6)11(8,9)10/h4-10,14-15,17-18,33H,11-13,26H2,1-3H3,(H,27,30)(H,28,31);2-5H,1H3,(H,8,9,10)/b10-7+;/t15-,17+,18-;/m1./s1. The first-order valence-corrected chi connectivity index (χ1v) is 14.9. The van der Waals surface area contributed by atoms with Crippen LogP contribution in [0.25, 0.3) is 6.08 Å². The molecule has 2 aromatic rings. The number of rotatable bonds is 11. The number of nitrogens with zero attached hydrogens (tertiary/aromatic N) is 1. The van der Waals surface area contributed by atoms with E-state index >= 15 is 0 Å². The summed E-state index contributed by atoms with van der Waals surface area (Å²) in [7, 11) is -4.02. The Morgan fingerprint density at radius 2 is 1.55 bits per heavy atom. The number of allylic oxidation sites excluding steroid dienone is 1. The van der Waals surface area contributed by atoms with E-state index in [-0.39, 0.29) is 28.7 Å². The van der Waals surface area contributed by atoms with Gasteiger partial charge in [-0.2, -0.15) is 21.6 Å². The maximum atomic E-state index is 13.0. The van der Waals surface area contributed by atoms with Crippen LogP contribution in [0, 0.1) is 24.7 Å². The number of aryl methyl sites for hydroxylation is 1. The molecular formula is C29H39F3N4O7S. The number of hydrazine groups is 1. The van der Waals surface area contributed by atoms with Crippen LogP contribution < -0.4 is 16.6 Å². The number of amides is 3. The Balaban J connectivity index is 0.000000733. The topological polar surface area (TPSA) is 179 Å². The highest BCUT2D eigenvalue weighted by molar-refractivity contribution is 7.85. The first-order chi connectivity index (χ1) is 20.4. The number of nitrogens with two attached hydrogens (primary N) is 1. The zero-order valence-electron chi connectivity index (χ0n) is 24.8. The van der Waals surface area contributed by atoms with Crippen molar-refractivity contribution in [2.75, 3.05) is 6.54 Å². The molecule has 0 bridgehead atoms. The summed E-state index contributed by atoms with van der Waals surface area (Å²) in [6.07, 6.45) is -1.29. The van der Waals surface area contributed by atoms with Gasteiger partial charge in [0.15, 0.2) is 0 Å². The second-order valence-corrected chi connectivity index (χ2v) is 11.9. The third-order valence-electron chi connectivity index (χ3n) is 6.05. The van der Waals surface area contributed by atoms with Gasteiger partial charge in [0.1, 0.15) is 6.54 Å². The van der Waals surface area contributed by atoms with E-state index in [1.165, 1.54) is 24.5 Å². The van der Waals surface area contributed by atoms with Gasteiger partial charge in [-0.3, -0.25) is 29.6 Å². The molecule has 0 aliphatic heterocycles. The van der Waals surface area contributed by atoms with E-state index in [0.29, 0.717) is 0 Å². The predicted molar refractivity (Wildman–Crippen MR) is 157 cm³/mol. The number of benzene rings is 2. The minimum atomic E-state index is -4.79. The van der Waals surface area contributed by atoms with Crippen molar-refractivity contribution in [3.05, 3.63) is 71.8 Å². The quantitative estimate of drug-likeness (QED) is 0.139. The number of carbonyl (C=O) groups is 3. The molecule has 2 rings (SSSR count). The molecule has 0 aliphatic carbocycles. The van der Waals surface area contributed by atoms with Gasteiger partial charge in [-0.1, -0.05) is 74.0 Å². The number of alkyl halides is 3. The number of hydroxylamine groups is 1. The summed E-state index contributed by atoms with van der Waals surface area (Å²) in [5.41, 5.74) is 10.7. The maximum Gasteiger partial charge on any atom is 0.408 e. The molecule has 11 nitrogen and oxygen atoms in total. The zero-order valence-corrected chi connectivity index (χ0v) is 25.6. The van der Waals surface area contributed by atoms with Crippen LogP contribution in [-0.2, 0) is 24.5 Å². The van der Waals surface area contributed by atoms with Crippen LogP contribution in [0.15, 0.2) is 65.6 Å². The van der Waals surface area contributed by atoms with E-state index in [1.54, 1.807) is 38.1 Å². The summed E-state index contributed by atoms with van der Waals surface area (Å²) in [6, 6.07) is 13.8. The number of halogens is 3. The van der Waals surface area contributed by atoms with Gasteiger partial charge in [-0.05, 0) is 50.3 Å². The number of hydrogen-bond donors (Lipinski definition) is 5. The molecule has 44 heavy (non-hydrogen) atoms. The van der Waals surface area contributed by atoms with Gasteiger partial charge in [0.25, 0.3) is 16.0 Å². The number of hydrogen-bond acceptors (Lipinski definition) is 7. The molecule has 0 unspecified atom stereocenters. The molecule has 0 saturated carbocycles. The van der Waals surface area contributed by atoms with Crippen molar-refractivity contribution in [2.24, 2.45) is 23.5 Å². The molecule has 0 heterocycles. The molecule has 15 heteroatoms. The van der Waals surface area contributed by atoms with Gasteiger partial charge in [0, 0.05) is 0 Å². The van der Waals surface area contributed by atoms with Gasteiger partial charge in [0.05, 0.1) is 22.8 Å². The lowest BCUT2D eigenvalue weighted by atomic mass is 9.82. The molecule has 0 fully saturated rings. The van der Waals surface area contributed by atoms with Gasteiger partial charge in [0.2, 0.25) is 11.8 Å². The van der Waals surface area contributed by atoms with Crippen LogP contribution in [-0.4, -0.2) is 59.7 Å². The fraction of sp³-hybridized carbons (Fsp3) is 0.414. The van der Waals surface area contributed by atoms with E-state index in [1.807, 2.05) is 42.7 Å². The molecule has 0 spiro atoms. The molecule has 244 valence electrons. The minimum absolute atomic E-state index is 0.0204. The van der Waals surface area contributed by atoms with Crippen molar-refractivity contribution in [1.29, 1.82) is 0 Å². The predicted octanol–water partition coefficient (Wildman–Crippen LogP) is 3.88. The van der Waals surface area contributed by atoms with Crippen LogP contribution in [0.2, 0.25) is 0 Å². The summed E-state index contributed by atoms with van der Waals surface area (Å²) >= 11 is 0. The second kappa shape index (κ2) is 17.5. The fourth-order valence-electron chi connectivity index (χ4n) is 3.94. The smallest absolute Gasteiger partial charge is 0.320 e. The van der Waals surface area contributed by atoms with E-state index in [0.717, 1.165) is 11.1 Å². The average Bonchev–Trinajstić information content (AvgIpc) is 2.93. The Kier molecular flexibility index (Phi) is 15.2. The molecule has 0 aromatic heterocycles. The van der Waals surface area contributed by atoms with Gasteiger partial charge < -0.3 is 5.73 Å². The van der Waals surface area contributed by atoms with Crippen molar-refractivity contribution in [1.82, 2.24) is 15.9 Å². The average molecular weight is 645 g/mol. The Bertz CT molecular complexity index is 1350. The van der Waals surface area contributed by atoms with E-state index in [4.69, 9.17) is 10.3 Å². The highest BCUT2D eigenvalue weighted by Crippen LogP contribution is 2.26.